The largest absolute Gasteiger partial charge is 0.478 e. The number of benzene rings is 2. The summed E-state index contributed by atoms with van der Waals surface area (Å²) in [5.41, 5.74) is -0.832. The van der Waals surface area contributed by atoms with Crippen LogP contribution in [0.2, 0.25) is 5.02 Å². The van der Waals surface area contributed by atoms with E-state index in [1.54, 1.807) is 18.2 Å². The first kappa shape index (κ1) is 18.3. The lowest BCUT2D eigenvalue weighted by molar-refractivity contribution is -0.187. The standard InChI is InChI=1S/C18H10ClF3O6/c19-11-4-8-3-10(17(23)24)16(18(20,21)22)28-13(8)6-14(11)27-9-1-2-12-15(5-9)26-7-25-12/h1-6,16H,7H2,(H,23,24). The van der Waals surface area contributed by atoms with Gasteiger partial charge in [0.1, 0.15) is 17.2 Å². The molecule has 0 fully saturated rings. The monoisotopic (exact) mass is 414 g/mol. The molecule has 0 radical (unpaired) electrons. The van der Waals surface area contributed by atoms with Crippen LogP contribution in [-0.2, 0) is 4.79 Å². The summed E-state index contributed by atoms with van der Waals surface area (Å²) in [6.07, 6.45) is -6.62. The number of fused-ring (bicyclic) bond motifs is 2. The summed E-state index contributed by atoms with van der Waals surface area (Å²) >= 11 is 6.15. The molecule has 146 valence electrons. The number of carboxylic acids is 1. The minimum Gasteiger partial charge on any atom is -0.478 e. The van der Waals surface area contributed by atoms with Crippen LogP contribution in [0.25, 0.3) is 6.08 Å². The van der Waals surface area contributed by atoms with E-state index in [0.717, 1.165) is 6.08 Å². The molecule has 0 saturated heterocycles. The average molecular weight is 415 g/mol. The van der Waals surface area contributed by atoms with Crippen molar-refractivity contribution in [2.24, 2.45) is 0 Å². The van der Waals surface area contributed by atoms with Crippen LogP contribution in [0.1, 0.15) is 5.56 Å². The third-order valence-electron chi connectivity index (χ3n) is 4.02. The topological polar surface area (TPSA) is 74.2 Å². The Hall–Kier alpha value is -3.07. The summed E-state index contributed by atoms with van der Waals surface area (Å²) in [6, 6.07) is 7.18. The molecule has 28 heavy (non-hydrogen) atoms. The zero-order valence-corrected chi connectivity index (χ0v) is 14.5. The lowest BCUT2D eigenvalue weighted by Crippen LogP contribution is -2.40. The Morgan fingerprint density at radius 1 is 1.14 bits per heavy atom. The number of halogens is 4. The first-order valence-corrected chi connectivity index (χ1v) is 8.19. The Morgan fingerprint density at radius 2 is 1.89 bits per heavy atom. The predicted molar refractivity (Wildman–Crippen MR) is 90.2 cm³/mol. The van der Waals surface area contributed by atoms with E-state index in [0.29, 0.717) is 17.2 Å². The van der Waals surface area contributed by atoms with Crippen LogP contribution in [0.3, 0.4) is 0 Å². The van der Waals surface area contributed by atoms with Crippen molar-refractivity contribution in [1.82, 2.24) is 0 Å². The summed E-state index contributed by atoms with van der Waals surface area (Å²) < 4.78 is 60.5. The fraction of sp³-hybridized carbons (Fsp3) is 0.167. The number of aliphatic carboxylic acids is 1. The van der Waals surface area contributed by atoms with E-state index in [-0.39, 0.29) is 28.9 Å². The molecular weight excluding hydrogens is 405 g/mol. The van der Waals surface area contributed by atoms with Gasteiger partial charge in [0.15, 0.2) is 11.5 Å². The number of hydrogen-bond acceptors (Lipinski definition) is 5. The van der Waals surface area contributed by atoms with E-state index < -0.39 is 23.8 Å². The van der Waals surface area contributed by atoms with Crippen molar-refractivity contribution in [3.8, 4) is 28.7 Å². The fourth-order valence-electron chi connectivity index (χ4n) is 2.76. The first-order chi connectivity index (χ1) is 13.2. The van der Waals surface area contributed by atoms with Crippen LogP contribution < -0.4 is 18.9 Å². The lowest BCUT2D eigenvalue weighted by Gasteiger charge is -2.27. The van der Waals surface area contributed by atoms with Gasteiger partial charge in [0.05, 0.1) is 10.6 Å². The van der Waals surface area contributed by atoms with Crippen molar-refractivity contribution in [1.29, 1.82) is 0 Å². The average Bonchev–Trinajstić information content (AvgIpc) is 3.08. The van der Waals surface area contributed by atoms with Gasteiger partial charge in [-0.15, -0.1) is 0 Å². The summed E-state index contributed by atoms with van der Waals surface area (Å²) in [6.45, 7) is 0.0727. The molecule has 2 aliphatic heterocycles. The van der Waals surface area contributed by atoms with E-state index in [4.69, 9.17) is 35.7 Å². The molecule has 1 unspecified atom stereocenters. The Bertz CT molecular complexity index is 1000. The number of ether oxygens (including phenoxy) is 4. The van der Waals surface area contributed by atoms with E-state index in [9.17, 15) is 18.0 Å². The minimum absolute atomic E-state index is 0.0346. The van der Waals surface area contributed by atoms with Gasteiger partial charge in [-0.1, -0.05) is 11.6 Å². The van der Waals surface area contributed by atoms with Gasteiger partial charge in [0.2, 0.25) is 12.9 Å². The molecule has 1 atom stereocenters. The summed E-state index contributed by atoms with van der Waals surface area (Å²) in [7, 11) is 0. The maximum Gasteiger partial charge on any atom is 0.430 e. The van der Waals surface area contributed by atoms with Gasteiger partial charge in [-0.25, -0.2) is 4.79 Å². The molecule has 2 aliphatic rings. The predicted octanol–water partition coefficient (Wildman–Crippen LogP) is 4.65. The molecular formula is C18H10ClF3O6. The molecule has 2 aromatic rings. The second-order valence-electron chi connectivity index (χ2n) is 5.88. The van der Waals surface area contributed by atoms with Gasteiger partial charge < -0.3 is 24.1 Å². The SMILES string of the molecule is O=C(O)C1=Cc2cc(Cl)c(Oc3ccc4c(c3)OCO4)cc2OC1C(F)(F)F. The molecule has 2 aromatic carbocycles. The number of carboxylic acid groups (broad SMARTS) is 1. The van der Waals surface area contributed by atoms with Gasteiger partial charge in [-0.05, 0) is 24.3 Å². The molecule has 0 aromatic heterocycles. The van der Waals surface area contributed by atoms with E-state index in [1.807, 2.05) is 0 Å². The first-order valence-electron chi connectivity index (χ1n) is 7.81. The van der Waals surface area contributed by atoms with Crippen LogP contribution in [-0.4, -0.2) is 30.1 Å². The van der Waals surface area contributed by atoms with Gasteiger partial charge in [0.25, 0.3) is 0 Å². The molecule has 0 saturated carbocycles. The van der Waals surface area contributed by atoms with Gasteiger partial charge in [0, 0.05) is 17.7 Å². The van der Waals surface area contributed by atoms with Crippen LogP contribution in [0.4, 0.5) is 13.2 Å². The van der Waals surface area contributed by atoms with Crippen LogP contribution >= 0.6 is 11.6 Å². The molecule has 6 nitrogen and oxygen atoms in total. The minimum atomic E-state index is -4.90. The zero-order chi connectivity index (χ0) is 20.1. The quantitative estimate of drug-likeness (QED) is 0.788. The number of alkyl halides is 3. The Kier molecular flexibility index (Phi) is 4.26. The van der Waals surface area contributed by atoms with Gasteiger partial charge >= 0.3 is 12.1 Å². The molecule has 0 amide bonds. The summed E-state index contributed by atoms with van der Waals surface area (Å²) in [5, 5.41) is 9.13. The highest BCUT2D eigenvalue weighted by atomic mass is 35.5. The van der Waals surface area contributed by atoms with Crippen molar-refractivity contribution in [2.45, 2.75) is 12.3 Å². The van der Waals surface area contributed by atoms with Crippen LogP contribution in [0.15, 0.2) is 35.9 Å². The van der Waals surface area contributed by atoms with Crippen molar-refractivity contribution in [3.63, 3.8) is 0 Å². The number of rotatable bonds is 3. The Balaban J connectivity index is 1.69. The number of hydrogen-bond donors (Lipinski definition) is 1. The highest BCUT2D eigenvalue weighted by Crippen LogP contribution is 2.43. The van der Waals surface area contributed by atoms with E-state index >= 15 is 0 Å². The Labute approximate surface area is 160 Å². The van der Waals surface area contributed by atoms with Crippen LogP contribution in [0, 0.1) is 0 Å². The maximum atomic E-state index is 13.2. The molecule has 2 heterocycles. The third kappa shape index (κ3) is 3.29. The molecule has 0 bridgehead atoms. The van der Waals surface area contributed by atoms with E-state index in [2.05, 4.69) is 0 Å². The van der Waals surface area contributed by atoms with Crippen molar-refractivity contribution in [3.05, 3.63) is 46.5 Å². The normalized spacial score (nSPS) is 17.4. The Morgan fingerprint density at radius 3 is 2.61 bits per heavy atom. The smallest absolute Gasteiger partial charge is 0.430 e. The third-order valence-corrected chi connectivity index (χ3v) is 4.31. The molecule has 0 aliphatic carbocycles. The second-order valence-corrected chi connectivity index (χ2v) is 6.29. The lowest BCUT2D eigenvalue weighted by atomic mass is 10.0. The van der Waals surface area contributed by atoms with Gasteiger partial charge in [-0.3, -0.25) is 0 Å². The number of carbonyl (C=O) groups is 1. The van der Waals surface area contributed by atoms with E-state index in [1.165, 1.54) is 12.1 Å². The van der Waals surface area contributed by atoms with Crippen LogP contribution in [0.5, 0.6) is 28.7 Å². The highest BCUT2D eigenvalue weighted by Gasteiger charge is 2.48. The molecule has 10 heteroatoms. The summed E-state index contributed by atoms with van der Waals surface area (Å²) in [4.78, 5) is 11.2. The van der Waals surface area contributed by atoms with Crippen molar-refractivity contribution >= 4 is 23.6 Å². The molecule has 1 N–H and O–H groups in total. The maximum absolute atomic E-state index is 13.2. The van der Waals surface area contributed by atoms with Gasteiger partial charge in [-0.2, -0.15) is 13.2 Å². The fourth-order valence-corrected chi connectivity index (χ4v) is 2.97. The summed E-state index contributed by atoms with van der Waals surface area (Å²) in [5.74, 6) is -0.596. The highest BCUT2D eigenvalue weighted by molar-refractivity contribution is 6.32. The van der Waals surface area contributed by atoms with Crippen molar-refractivity contribution in [2.75, 3.05) is 6.79 Å². The molecule has 0 spiro atoms. The second kappa shape index (κ2) is 6.52. The van der Waals surface area contributed by atoms with Crippen molar-refractivity contribution < 1.29 is 42.0 Å². The molecule has 4 rings (SSSR count). The zero-order valence-electron chi connectivity index (χ0n) is 13.7.